The number of nitrogens with zero attached hydrogens (tertiary/aromatic N) is 2. The molecule has 1 unspecified atom stereocenters. The Labute approximate surface area is 91.8 Å². The van der Waals surface area contributed by atoms with Crippen LogP contribution in [0.1, 0.15) is 5.37 Å². The van der Waals surface area contributed by atoms with E-state index in [0.717, 1.165) is 0 Å². The number of rotatable bonds is 4. The Morgan fingerprint density at radius 3 is 2.60 bits per heavy atom. The first-order valence-electron chi connectivity index (χ1n) is 4.34. The molecule has 0 aromatic carbocycles. The minimum absolute atomic E-state index is 0.126. The van der Waals surface area contributed by atoms with Gasteiger partial charge in [-0.25, -0.2) is 4.79 Å². The number of nitrogens with two attached hydrogens (primary N) is 1. The minimum atomic E-state index is -0.624. The van der Waals surface area contributed by atoms with E-state index in [-0.39, 0.29) is 19.0 Å². The zero-order chi connectivity index (χ0) is 11.4. The van der Waals surface area contributed by atoms with Gasteiger partial charge < -0.3 is 15.9 Å². The molecule has 0 aliphatic carbocycles. The van der Waals surface area contributed by atoms with Gasteiger partial charge in [0, 0.05) is 12.1 Å². The van der Waals surface area contributed by atoms with E-state index in [1.54, 1.807) is 0 Å². The molecule has 1 heterocycles. The van der Waals surface area contributed by atoms with E-state index in [9.17, 15) is 4.79 Å². The van der Waals surface area contributed by atoms with Crippen LogP contribution >= 0.6 is 12.6 Å². The molecule has 1 rings (SSSR count). The van der Waals surface area contributed by atoms with E-state index in [0.29, 0.717) is 0 Å². The first kappa shape index (κ1) is 12.0. The Morgan fingerprint density at radius 1 is 1.53 bits per heavy atom. The Balaban J connectivity index is 3.00. The average Bonchev–Trinajstić information content (AvgIpc) is 2.19. The molecule has 84 valence electrons. The maximum atomic E-state index is 11.4. The summed E-state index contributed by atoms with van der Waals surface area (Å²) in [6.07, 6.45) is 1.43. The van der Waals surface area contributed by atoms with Gasteiger partial charge in [0.25, 0.3) is 0 Å². The Hall–Kier alpha value is -1.05. The summed E-state index contributed by atoms with van der Waals surface area (Å²) in [6.45, 7) is -0.525. The lowest BCUT2D eigenvalue weighted by Crippen LogP contribution is -2.31. The molecule has 0 radical (unpaired) electrons. The van der Waals surface area contributed by atoms with Crippen LogP contribution < -0.4 is 11.4 Å². The highest BCUT2D eigenvalue weighted by Crippen LogP contribution is 2.19. The monoisotopic (exact) mass is 231 g/mol. The molecule has 0 fully saturated rings. The number of aliphatic hydroxyl groups is 2. The van der Waals surface area contributed by atoms with Gasteiger partial charge in [0.1, 0.15) is 5.82 Å². The van der Waals surface area contributed by atoms with Crippen molar-refractivity contribution in [2.45, 2.75) is 5.37 Å². The first-order valence-corrected chi connectivity index (χ1v) is 4.86. The third kappa shape index (κ3) is 2.71. The molecule has 1 aromatic heterocycles. The van der Waals surface area contributed by atoms with Crippen molar-refractivity contribution < 1.29 is 10.2 Å². The molecule has 0 saturated carbocycles. The van der Waals surface area contributed by atoms with Crippen molar-refractivity contribution in [3.63, 3.8) is 0 Å². The molecule has 0 saturated heterocycles. The molecule has 7 heteroatoms. The molecule has 1 atom stereocenters. The van der Waals surface area contributed by atoms with E-state index >= 15 is 0 Å². The molecule has 0 aliphatic heterocycles. The second-order valence-electron chi connectivity index (χ2n) is 3.08. The minimum Gasteiger partial charge on any atom is -0.396 e. The van der Waals surface area contributed by atoms with Gasteiger partial charge in [-0.3, -0.25) is 4.57 Å². The largest absolute Gasteiger partial charge is 0.396 e. The number of hydrogen-bond acceptors (Lipinski definition) is 6. The van der Waals surface area contributed by atoms with E-state index in [2.05, 4.69) is 17.6 Å². The summed E-state index contributed by atoms with van der Waals surface area (Å²) in [5.74, 6) is -0.391. The van der Waals surface area contributed by atoms with E-state index in [1.807, 2.05) is 0 Å². The summed E-state index contributed by atoms with van der Waals surface area (Å²) < 4.78 is 1.20. The number of thiol groups is 1. The predicted molar refractivity (Wildman–Crippen MR) is 58.6 cm³/mol. The quantitative estimate of drug-likeness (QED) is 0.490. The lowest BCUT2D eigenvalue weighted by molar-refractivity contribution is 0.134. The molecule has 0 aliphatic rings. The fraction of sp³-hybridized carbons (Fsp3) is 0.500. The van der Waals surface area contributed by atoms with Crippen LogP contribution in [0.3, 0.4) is 0 Å². The summed E-state index contributed by atoms with van der Waals surface area (Å²) in [6, 6.07) is 1.45. The van der Waals surface area contributed by atoms with Gasteiger partial charge >= 0.3 is 5.69 Å². The number of aromatic nitrogens is 2. The van der Waals surface area contributed by atoms with Crippen LogP contribution in [0.2, 0.25) is 0 Å². The molecular formula is C8H13N3O3S. The SMILES string of the molecule is Nc1ccn(C(S)C(CO)CO)c(=O)n1. The maximum absolute atomic E-state index is 11.4. The molecule has 0 amide bonds. The van der Waals surface area contributed by atoms with Crippen LogP contribution in [0.15, 0.2) is 17.1 Å². The molecular weight excluding hydrogens is 218 g/mol. The van der Waals surface area contributed by atoms with Crippen LogP contribution in [0.25, 0.3) is 0 Å². The maximum Gasteiger partial charge on any atom is 0.350 e. The zero-order valence-corrected chi connectivity index (χ0v) is 8.84. The van der Waals surface area contributed by atoms with Crippen LogP contribution in [-0.2, 0) is 0 Å². The number of nitrogen functional groups attached to an aromatic ring is 1. The van der Waals surface area contributed by atoms with Crippen molar-refractivity contribution in [3.8, 4) is 0 Å². The van der Waals surface area contributed by atoms with Crippen LogP contribution in [0, 0.1) is 5.92 Å². The van der Waals surface area contributed by atoms with Crippen molar-refractivity contribution in [3.05, 3.63) is 22.7 Å². The van der Waals surface area contributed by atoms with Gasteiger partial charge in [-0.05, 0) is 6.07 Å². The standard InChI is InChI=1S/C8H13N3O3S/c9-6-1-2-11(8(14)10-6)7(15)5(3-12)4-13/h1-2,5,7,12-13,15H,3-4H2,(H2,9,10,14). The molecule has 6 nitrogen and oxygen atoms in total. The summed E-state index contributed by atoms with van der Waals surface area (Å²) in [5.41, 5.74) is 4.77. The fourth-order valence-electron chi connectivity index (χ4n) is 1.10. The summed E-state index contributed by atoms with van der Waals surface area (Å²) >= 11 is 4.14. The van der Waals surface area contributed by atoms with Crippen molar-refractivity contribution in [2.75, 3.05) is 18.9 Å². The smallest absolute Gasteiger partial charge is 0.350 e. The van der Waals surface area contributed by atoms with E-state index in [4.69, 9.17) is 15.9 Å². The fourth-order valence-corrected chi connectivity index (χ4v) is 1.46. The normalized spacial score (nSPS) is 13.1. The molecule has 0 bridgehead atoms. The lowest BCUT2D eigenvalue weighted by atomic mass is 10.2. The lowest BCUT2D eigenvalue weighted by Gasteiger charge is -2.20. The molecule has 0 spiro atoms. The van der Waals surface area contributed by atoms with Gasteiger partial charge in [-0.2, -0.15) is 17.6 Å². The molecule has 15 heavy (non-hydrogen) atoms. The first-order chi connectivity index (χ1) is 7.10. The van der Waals surface area contributed by atoms with Gasteiger partial charge in [0.15, 0.2) is 0 Å². The van der Waals surface area contributed by atoms with Gasteiger partial charge in [0.2, 0.25) is 0 Å². The summed E-state index contributed by atoms with van der Waals surface area (Å²) in [7, 11) is 0. The number of anilines is 1. The van der Waals surface area contributed by atoms with Crippen LogP contribution in [-0.4, -0.2) is 33.0 Å². The highest BCUT2D eigenvalue weighted by molar-refractivity contribution is 7.80. The van der Waals surface area contributed by atoms with Crippen molar-refractivity contribution in [2.24, 2.45) is 5.92 Å². The van der Waals surface area contributed by atoms with Crippen LogP contribution in [0.4, 0.5) is 5.82 Å². The average molecular weight is 231 g/mol. The van der Waals surface area contributed by atoms with E-state index < -0.39 is 17.0 Å². The summed E-state index contributed by atoms with van der Waals surface area (Å²) in [4.78, 5) is 14.9. The third-order valence-corrected chi connectivity index (χ3v) is 2.70. The van der Waals surface area contributed by atoms with Gasteiger partial charge in [-0.1, -0.05) is 0 Å². The topological polar surface area (TPSA) is 101 Å². The van der Waals surface area contributed by atoms with Crippen molar-refractivity contribution >= 4 is 18.4 Å². The Bertz CT molecular complexity index is 378. The number of hydrogen-bond donors (Lipinski definition) is 4. The van der Waals surface area contributed by atoms with Crippen molar-refractivity contribution in [1.82, 2.24) is 9.55 Å². The van der Waals surface area contributed by atoms with E-state index in [1.165, 1.54) is 16.8 Å². The zero-order valence-electron chi connectivity index (χ0n) is 7.95. The Kier molecular flexibility index (Phi) is 4.13. The second kappa shape index (κ2) is 5.15. The molecule has 4 N–H and O–H groups in total. The highest BCUT2D eigenvalue weighted by Gasteiger charge is 2.19. The van der Waals surface area contributed by atoms with Gasteiger partial charge in [-0.15, -0.1) is 0 Å². The van der Waals surface area contributed by atoms with Gasteiger partial charge in [0.05, 0.1) is 18.6 Å². The number of aliphatic hydroxyl groups excluding tert-OH is 2. The summed E-state index contributed by atoms with van der Waals surface area (Å²) in [5, 5.41) is 17.2. The predicted octanol–water partition coefficient (Wildman–Crippen LogP) is -1.15. The second-order valence-corrected chi connectivity index (χ2v) is 3.61. The third-order valence-electron chi connectivity index (χ3n) is 2.03. The highest BCUT2D eigenvalue weighted by atomic mass is 32.1. The van der Waals surface area contributed by atoms with Crippen LogP contribution in [0.5, 0.6) is 0 Å². The van der Waals surface area contributed by atoms with Crippen molar-refractivity contribution in [1.29, 1.82) is 0 Å². The Morgan fingerprint density at radius 2 is 2.13 bits per heavy atom. The molecule has 1 aromatic rings.